The van der Waals surface area contributed by atoms with Gasteiger partial charge >= 0.3 is 0 Å². The summed E-state index contributed by atoms with van der Waals surface area (Å²) in [5.74, 6) is -1.17. The van der Waals surface area contributed by atoms with E-state index in [0.717, 1.165) is 27.5 Å². The molecule has 0 saturated heterocycles. The Morgan fingerprint density at radius 2 is 1.85 bits per heavy atom. The standard InChI is InChI=1S/C20H17N5O2/c1-11-5-4-6-12(9-11)24-25-20(27)18-17-14(10-16(23-18)19(21)26)13-7-2-3-8-15(13)22-17/h2-10,22,24H,1H3,(H2,21,26)(H,25,27). The van der Waals surface area contributed by atoms with Gasteiger partial charge in [-0.15, -0.1) is 0 Å². The Morgan fingerprint density at radius 1 is 1.04 bits per heavy atom. The molecule has 27 heavy (non-hydrogen) atoms. The minimum absolute atomic E-state index is 0.0351. The summed E-state index contributed by atoms with van der Waals surface area (Å²) in [6.07, 6.45) is 0. The van der Waals surface area contributed by atoms with Gasteiger partial charge in [-0.2, -0.15) is 0 Å². The van der Waals surface area contributed by atoms with Gasteiger partial charge in [-0.1, -0.05) is 30.3 Å². The number of fused-ring (bicyclic) bond motifs is 3. The molecule has 0 radical (unpaired) electrons. The predicted molar refractivity (Wildman–Crippen MR) is 104 cm³/mol. The van der Waals surface area contributed by atoms with Crippen LogP contribution >= 0.6 is 0 Å². The van der Waals surface area contributed by atoms with Gasteiger partial charge in [-0.05, 0) is 36.8 Å². The zero-order chi connectivity index (χ0) is 19.0. The van der Waals surface area contributed by atoms with Crippen LogP contribution in [0.25, 0.3) is 21.8 Å². The number of amides is 2. The maximum atomic E-state index is 12.8. The quantitative estimate of drug-likeness (QED) is 0.420. The lowest BCUT2D eigenvalue weighted by Gasteiger charge is -2.10. The van der Waals surface area contributed by atoms with E-state index in [1.807, 2.05) is 55.5 Å². The average molecular weight is 359 g/mol. The van der Waals surface area contributed by atoms with Gasteiger partial charge in [0.15, 0.2) is 5.69 Å². The van der Waals surface area contributed by atoms with Crippen LogP contribution in [-0.4, -0.2) is 21.8 Å². The van der Waals surface area contributed by atoms with E-state index in [-0.39, 0.29) is 11.4 Å². The second-order valence-corrected chi connectivity index (χ2v) is 6.26. The Hall–Kier alpha value is -3.87. The van der Waals surface area contributed by atoms with Crippen molar-refractivity contribution in [3.8, 4) is 0 Å². The number of aryl methyl sites for hydroxylation is 1. The number of carbonyl (C=O) groups is 2. The minimum atomic E-state index is -0.692. The maximum absolute atomic E-state index is 12.8. The number of aromatic amines is 1. The molecular formula is C20H17N5O2. The third kappa shape index (κ3) is 3.06. The molecule has 0 unspecified atom stereocenters. The maximum Gasteiger partial charge on any atom is 0.290 e. The zero-order valence-corrected chi connectivity index (χ0v) is 14.5. The van der Waals surface area contributed by atoms with Crippen molar-refractivity contribution < 1.29 is 9.59 Å². The molecule has 0 fully saturated rings. The molecule has 0 saturated carbocycles. The molecule has 5 N–H and O–H groups in total. The SMILES string of the molecule is Cc1cccc(NNC(=O)c2nc(C(N)=O)cc3c2[nH]c2ccccc23)c1. The Bertz CT molecular complexity index is 1200. The first-order valence-corrected chi connectivity index (χ1v) is 8.37. The Morgan fingerprint density at radius 3 is 2.63 bits per heavy atom. The number of pyridine rings is 1. The summed E-state index contributed by atoms with van der Waals surface area (Å²) in [5, 5.41) is 1.60. The largest absolute Gasteiger partial charge is 0.364 e. The number of nitrogens with one attached hydrogen (secondary N) is 3. The fourth-order valence-corrected chi connectivity index (χ4v) is 3.05. The van der Waals surface area contributed by atoms with Gasteiger partial charge in [-0.25, -0.2) is 4.98 Å². The smallest absolute Gasteiger partial charge is 0.290 e. The number of para-hydroxylation sites is 1. The number of rotatable bonds is 4. The molecule has 0 bridgehead atoms. The Labute approximate surface area is 154 Å². The molecule has 134 valence electrons. The van der Waals surface area contributed by atoms with E-state index < -0.39 is 11.8 Å². The molecular weight excluding hydrogens is 342 g/mol. The summed E-state index contributed by atoms with van der Waals surface area (Å²) in [6.45, 7) is 1.96. The van der Waals surface area contributed by atoms with Crippen LogP contribution in [0.1, 0.15) is 26.5 Å². The fourth-order valence-electron chi connectivity index (χ4n) is 3.05. The van der Waals surface area contributed by atoms with Crippen LogP contribution < -0.4 is 16.6 Å². The number of benzene rings is 2. The summed E-state index contributed by atoms with van der Waals surface area (Å²) in [6, 6.07) is 16.7. The summed E-state index contributed by atoms with van der Waals surface area (Å²) < 4.78 is 0. The van der Waals surface area contributed by atoms with Crippen molar-refractivity contribution in [1.29, 1.82) is 0 Å². The number of hydrogen-bond acceptors (Lipinski definition) is 4. The molecule has 4 aromatic rings. The van der Waals surface area contributed by atoms with Gasteiger partial charge in [0.2, 0.25) is 0 Å². The second-order valence-electron chi connectivity index (χ2n) is 6.26. The number of hydrazine groups is 1. The van der Waals surface area contributed by atoms with Crippen molar-refractivity contribution >= 4 is 39.3 Å². The first-order chi connectivity index (χ1) is 13.0. The summed E-state index contributed by atoms with van der Waals surface area (Å²) >= 11 is 0. The van der Waals surface area contributed by atoms with E-state index in [2.05, 4.69) is 20.8 Å². The lowest BCUT2D eigenvalue weighted by molar-refractivity contribution is 0.0959. The summed E-state index contributed by atoms with van der Waals surface area (Å²) in [7, 11) is 0. The number of aromatic nitrogens is 2. The van der Waals surface area contributed by atoms with E-state index in [0.29, 0.717) is 5.52 Å². The Balaban J connectivity index is 1.77. The lowest BCUT2D eigenvalue weighted by Crippen LogP contribution is -2.31. The molecule has 4 rings (SSSR count). The van der Waals surface area contributed by atoms with E-state index in [1.165, 1.54) is 0 Å². The van der Waals surface area contributed by atoms with E-state index in [4.69, 9.17) is 5.73 Å². The van der Waals surface area contributed by atoms with Gasteiger partial charge in [0.1, 0.15) is 5.69 Å². The number of H-pyrrole nitrogens is 1. The third-order valence-electron chi connectivity index (χ3n) is 4.30. The first-order valence-electron chi connectivity index (χ1n) is 8.37. The van der Waals surface area contributed by atoms with Crippen LogP contribution in [0.4, 0.5) is 5.69 Å². The number of carbonyl (C=O) groups excluding carboxylic acids is 2. The van der Waals surface area contributed by atoms with Gasteiger partial charge in [-0.3, -0.25) is 20.4 Å². The molecule has 0 spiro atoms. The Kier molecular flexibility index (Phi) is 3.97. The molecule has 2 amide bonds. The fraction of sp³-hybridized carbons (Fsp3) is 0.0500. The molecule has 2 heterocycles. The van der Waals surface area contributed by atoms with Crippen molar-refractivity contribution in [1.82, 2.24) is 15.4 Å². The van der Waals surface area contributed by atoms with Gasteiger partial charge < -0.3 is 10.7 Å². The number of anilines is 1. The monoisotopic (exact) mass is 359 g/mol. The van der Waals surface area contributed by atoms with Gasteiger partial charge in [0.25, 0.3) is 11.8 Å². The second kappa shape index (κ2) is 6.45. The molecule has 0 atom stereocenters. The molecule has 7 nitrogen and oxygen atoms in total. The third-order valence-corrected chi connectivity index (χ3v) is 4.30. The van der Waals surface area contributed by atoms with Crippen molar-refractivity contribution in [2.24, 2.45) is 5.73 Å². The van der Waals surface area contributed by atoms with Crippen molar-refractivity contribution in [3.63, 3.8) is 0 Å². The molecule has 0 aliphatic heterocycles. The van der Waals surface area contributed by atoms with Crippen molar-refractivity contribution in [2.75, 3.05) is 5.43 Å². The van der Waals surface area contributed by atoms with Crippen LogP contribution in [0.3, 0.4) is 0 Å². The summed E-state index contributed by atoms with van der Waals surface area (Å²) in [5.41, 5.74) is 14.2. The highest BCUT2D eigenvalue weighted by Gasteiger charge is 2.19. The predicted octanol–water partition coefficient (Wildman–Crippen LogP) is 2.88. The highest BCUT2D eigenvalue weighted by Crippen LogP contribution is 2.27. The molecule has 7 heteroatoms. The highest BCUT2D eigenvalue weighted by atomic mass is 16.2. The molecule has 2 aromatic heterocycles. The van der Waals surface area contributed by atoms with Crippen molar-refractivity contribution in [3.05, 3.63) is 71.5 Å². The zero-order valence-electron chi connectivity index (χ0n) is 14.5. The van der Waals surface area contributed by atoms with Crippen LogP contribution in [0, 0.1) is 6.92 Å². The number of nitrogens with zero attached hydrogens (tertiary/aromatic N) is 1. The minimum Gasteiger partial charge on any atom is -0.364 e. The van der Waals surface area contributed by atoms with Gasteiger partial charge in [0.05, 0.1) is 11.2 Å². The van der Waals surface area contributed by atoms with E-state index in [1.54, 1.807) is 6.07 Å². The number of nitrogens with two attached hydrogens (primary N) is 1. The highest BCUT2D eigenvalue weighted by molar-refractivity contribution is 6.15. The van der Waals surface area contributed by atoms with Gasteiger partial charge in [0, 0.05) is 16.3 Å². The van der Waals surface area contributed by atoms with Crippen molar-refractivity contribution in [2.45, 2.75) is 6.92 Å². The van der Waals surface area contributed by atoms with Crippen LogP contribution in [-0.2, 0) is 0 Å². The molecule has 0 aliphatic carbocycles. The lowest BCUT2D eigenvalue weighted by atomic mass is 10.1. The summed E-state index contributed by atoms with van der Waals surface area (Å²) in [4.78, 5) is 31.8. The molecule has 2 aromatic carbocycles. The van der Waals surface area contributed by atoms with E-state index in [9.17, 15) is 9.59 Å². The van der Waals surface area contributed by atoms with Crippen LogP contribution in [0.2, 0.25) is 0 Å². The van der Waals surface area contributed by atoms with Crippen LogP contribution in [0.5, 0.6) is 0 Å². The molecule has 0 aliphatic rings. The van der Waals surface area contributed by atoms with Crippen LogP contribution in [0.15, 0.2) is 54.6 Å². The average Bonchev–Trinajstić information content (AvgIpc) is 3.04. The topological polar surface area (TPSA) is 113 Å². The van der Waals surface area contributed by atoms with E-state index >= 15 is 0 Å². The number of primary amides is 1. The first kappa shape index (κ1) is 16.6. The normalized spacial score (nSPS) is 10.9. The number of hydrogen-bond donors (Lipinski definition) is 4.